The van der Waals surface area contributed by atoms with Crippen molar-refractivity contribution in [2.24, 2.45) is 20.4 Å². The van der Waals surface area contributed by atoms with E-state index in [1.54, 1.807) is 15.5 Å². The second-order valence-electron chi connectivity index (χ2n) is 4.84. The molecule has 0 radical (unpaired) electrons. The van der Waals surface area contributed by atoms with Crippen LogP contribution in [-0.4, -0.2) is 54.1 Å². The highest BCUT2D eigenvalue weighted by molar-refractivity contribution is 5.92. The number of hydrogen-bond donors (Lipinski definition) is 2. The zero-order chi connectivity index (χ0) is 17.6. The Kier molecular flexibility index (Phi) is 9.82. The quantitative estimate of drug-likeness (QED) is 0.234. The summed E-state index contributed by atoms with van der Waals surface area (Å²) in [6.45, 7) is 3.01. The Morgan fingerprint density at radius 3 is 2.83 bits per heavy atom. The maximum atomic E-state index is 9.02. The van der Waals surface area contributed by atoms with Crippen molar-refractivity contribution in [3.05, 3.63) is 36.5 Å². The predicted molar refractivity (Wildman–Crippen MR) is 93.3 cm³/mol. The summed E-state index contributed by atoms with van der Waals surface area (Å²) < 4.78 is 1.78. The fraction of sp³-hybridized carbons (Fsp3) is 0.438. The molecular formula is C16H25N6O2+. The molecule has 2 N–H and O–H groups in total. The van der Waals surface area contributed by atoms with E-state index >= 15 is 0 Å². The van der Waals surface area contributed by atoms with Gasteiger partial charge in [-0.2, -0.15) is 0 Å². The molecule has 0 bridgehead atoms. The first-order valence-corrected chi connectivity index (χ1v) is 7.81. The fourth-order valence-electron chi connectivity index (χ4n) is 1.77. The van der Waals surface area contributed by atoms with Gasteiger partial charge < -0.3 is 15.1 Å². The molecule has 0 unspecified atom stereocenters. The molecule has 0 aromatic carbocycles. The second kappa shape index (κ2) is 12.0. The van der Waals surface area contributed by atoms with Gasteiger partial charge in [0.1, 0.15) is 6.54 Å². The SMILES string of the molecule is CC\C=C/C(=N\N=C\N=Nc1cccc[n+]1CCO)N(C)CCO. The third kappa shape index (κ3) is 7.21. The summed E-state index contributed by atoms with van der Waals surface area (Å²) in [6.07, 6.45) is 7.76. The molecule has 130 valence electrons. The van der Waals surface area contributed by atoms with Gasteiger partial charge in [-0.15, -0.1) is 10.2 Å². The van der Waals surface area contributed by atoms with Crippen LogP contribution in [0.3, 0.4) is 0 Å². The van der Waals surface area contributed by atoms with Crippen molar-refractivity contribution < 1.29 is 14.8 Å². The normalized spacial score (nSPS) is 12.8. The Hall–Kier alpha value is -2.45. The molecule has 0 atom stereocenters. The first-order valence-electron chi connectivity index (χ1n) is 7.81. The number of nitrogens with zero attached hydrogens (tertiary/aromatic N) is 6. The molecule has 0 aliphatic carbocycles. The molecule has 0 fully saturated rings. The third-order valence-corrected chi connectivity index (χ3v) is 3.01. The number of allylic oxidation sites excluding steroid dienone is 1. The van der Waals surface area contributed by atoms with Crippen molar-refractivity contribution in [3.8, 4) is 0 Å². The molecule has 1 aromatic rings. The maximum absolute atomic E-state index is 9.02. The van der Waals surface area contributed by atoms with Gasteiger partial charge in [-0.05, 0) is 23.7 Å². The molecule has 0 amide bonds. The van der Waals surface area contributed by atoms with Crippen molar-refractivity contribution in [1.82, 2.24) is 4.90 Å². The average Bonchev–Trinajstić information content (AvgIpc) is 2.59. The molecular weight excluding hydrogens is 308 g/mol. The first kappa shape index (κ1) is 19.6. The lowest BCUT2D eigenvalue weighted by molar-refractivity contribution is -0.685. The van der Waals surface area contributed by atoms with E-state index in [-0.39, 0.29) is 13.2 Å². The van der Waals surface area contributed by atoms with Gasteiger partial charge in [0.25, 0.3) is 0 Å². The minimum atomic E-state index is 0.0277. The van der Waals surface area contributed by atoms with E-state index in [2.05, 4.69) is 20.4 Å². The van der Waals surface area contributed by atoms with Crippen LogP contribution in [0.1, 0.15) is 13.3 Å². The molecule has 0 spiro atoms. The second-order valence-corrected chi connectivity index (χ2v) is 4.84. The van der Waals surface area contributed by atoms with Crippen LogP contribution in [0.5, 0.6) is 0 Å². The van der Waals surface area contributed by atoms with Crippen LogP contribution in [0.2, 0.25) is 0 Å². The highest BCUT2D eigenvalue weighted by Crippen LogP contribution is 2.03. The summed E-state index contributed by atoms with van der Waals surface area (Å²) in [4.78, 5) is 1.80. The molecule has 1 rings (SSSR count). The Morgan fingerprint density at radius 1 is 1.29 bits per heavy atom. The van der Waals surface area contributed by atoms with Crippen LogP contribution >= 0.6 is 0 Å². The van der Waals surface area contributed by atoms with Crippen molar-refractivity contribution >= 4 is 18.0 Å². The highest BCUT2D eigenvalue weighted by atomic mass is 16.3. The lowest BCUT2D eigenvalue weighted by Gasteiger charge is -2.16. The van der Waals surface area contributed by atoms with Gasteiger partial charge in [0.2, 0.25) is 0 Å². The Labute approximate surface area is 142 Å². The number of aliphatic hydroxyl groups is 2. The van der Waals surface area contributed by atoms with Crippen LogP contribution in [0, 0.1) is 0 Å². The van der Waals surface area contributed by atoms with Gasteiger partial charge in [-0.3, -0.25) is 0 Å². The Bertz CT molecular complexity index is 598. The van der Waals surface area contributed by atoms with Gasteiger partial charge in [-0.1, -0.05) is 19.1 Å². The number of likely N-dealkylation sites (N-methyl/N-ethyl adjacent to an activating group) is 1. The van der Waals surface area contributed by atoms with Crippen LogP contribution in [0.15, 0.2) is 57.0 Å². The van der Waals surface area contributed by atoms with E-state index in [9.17, 15) is 0 Å². The third-order valence-electron chi connectivity index (χ3n) is 3.01. The minimum Gasteiger partial charge on any atom is -0.395 e. The number of amidine groups is 1. The molecule has 0 aliphatic rings. The Balaban J connectivity index is 2.77. The number of azo groups is 1. The molecule has 8 heteroatoms. The number of pyridine rings is 1. The van der Waals surface area contributed by atoms with Crippen molar-refractivity contribution in [2.75, 3.05) is 26.8 Å². The van der Waals surface area contributed by atoms with E-state index < -0.39 is 0 Å². The average molecular weight is 333 g/mol. The zero-order valence-corrected chi connectivity index (χ0v) is 14.2. The van der Waals surface area contributed by atoms with Crippen LogP contribution < -0.4 is 4.57 Å². The number of aliphatic hydroxyl groups excluding tert-OH is 2. The minimum absolute atomic E-state index is 0.0277. The summed E-state index contributed by atoms with van der Waals surface area (Å²) in [6, 6.07) is 5.49. The van der Waals surface area contributed by atoms with Crippen molar-refractivity contribution in [3.63, 3.8) is 0 Å². The monoisotopic (exact) mass is 333 g/mol. The lowest BCUT2D eigenvalue weighted by Crippen LogP contribution is -2.35. The molecule has 8 nitrogen and oxygen atoms in total. The van der Waals surface area contributed by atoms with E-state index in [0.29, 0.717) is 24.7 Å². The first-order chi connectivity index (χ1) is 11.7. The number of rotatable bonds is 9. The molecule has 0 aliphatic heterocycles. The molecule has 1 heterocycles. The van der Waals surface area contributed by atoms with Gasteiger partial charge in [0.05, 0.1) is 24.5 Å². The zero-order valence-electron chi connectivity index (χ0n) is 14.2. The topological polar surface area (TPSA) is 97.0 Å². The van der Waals surface area contributed by atoms with Crippen molar-refractivity contribution in [2.45, 2.75) is 19.9 Å². The van der Waals surface area contributed by atoms with Gasteiger partial charge >= 0.3 is 5.82 Å². The summed E-state index contributed by atoms with van der Waals surface area (Å²) >= 11 is 0. The van der Waals surface area contributed by atoms with Crippen LogP contribution in [0.25, 0.3) is 0 Å². The van der Waals surface area contributed by atoms with Gasteiger partial charge in [0, 0.05) is 19.7 Å². The standard InChI is InChI=1S/C16H25N6O2/c1-3-4-7-15(21(2)10-12-23)19-17-14-18-20-16-8-5-6-9-22(16)11-13-24/h4-9,14,23-24H,3,10-13H2,1-2H3/q+1/b7-4-. The van der Waals surface area contributed by atoms with Gasteiger partial charge in [0.15, 0.2) is 12.2 Å². The van der Waals surface area contributed by atoms with Crippen molar-refractivity contribution in [1.29, 1.82) is 0 Å². The summed E-state index contributed by atoms with van der Waals surface area (Å²) in [5.74, 6) is 1.25. The molecule has 0 saturated heterocycles. The summed E-state index contributed by atoms with van der Waals surface area (Å²) in [7, 11) is 1.83. The largest absolute Gasteiger partial charge is 0.395 e. The van der Waals surface area contributed by atoms with Crippen LogP contribution in [-0.2, 0) is 6.54 Å². The highest BCUT2D eigenvalue weighted by Gasteiger charge is 2.06. The van der Waals surface area contributed by atoms with E-state index in [1.165, 1.54) is 6.34 Å². The molecule has 1 aromatic heterocycles. The summed E-state index contributed by atoms with van der Waals surface area (Å²) in [5.41, 5.74) is 0. The van der Waals surface area contributed by atoms with E-state index in [4.69, 9.17) is 10.2 Å². The van der Waals surface area contributed by atoms with E-state index in [0.717, 1.165) is 6.42 Å². The number of hydrogen-bond acceptors (Lipinski definition) is 5. The maximum Gasteiger partial charge on any atom is 0.350 e. The molecule has 24 heavy (non-hydrogen) atoms. The predicted octanol–water partition coefficient (Wildman–Crippen LogP) is 1.28. The number of aromatic nitrogens is 1. The summed E-state index contributed by atoms with van der Waals surface area (Å²) in [5, 5.41) is 33.9. The Morgan fingerprint density at radius 2 is 2.12 bits per heavy atom. The van der Waals surface area contributed by atoms with E-state index in [1.807, 2.05) is 44.5 Å². The smallest absolute Gasteiger partial charge is 0.350 e. The lowest BCUT2D eigenvalue weighted by atomic mass is 10.3. The molecule has 0 saturated carbocycles. The fourth-order valence-corrected chi connectivity index (χ4v) is 1.77. The van der Waals surface area contributed by atoms with Gasteiger partial charge in [-0.25, -0.2) is 4.57 Å². The van der Waals surface area contributed by atoms with Crippen LogP contribution in [0.4, 0.5) is 5.82 Å².